The lowest BCUT2D eigenvalue weighted by molar-refractivity contribution is 0.132. The lowest BCUT2D eigenvalue weighted by atomic mass is 10.0. The van der Waals surface area contributed by atoms with Crippen LogP contribution in [0.25, 0.3) is 10.1 Å². The van der Waals surface area contributed by atoms with Crippen LogP contribution in [0.1, 0.15) is 25.3 Å². The van der Waals surface area contributed by atoms with Gasteiger partial charge in [-0.15, -0.1) is 11.3 Å². The summed E-state index contributed by atoms with van der Waals surface area (Å²) < 4.78 is 1.28. The first-order valence-electron chi connectivity index (χ1n) is 5.45. The van der Waals surface area contributed by atoms with Crippen LogP contribution in [0.2, 0.25) is 0 Å². The van der Waals surface area contributed by atoms with Crippen LogP contribution in [0, 0.1) is 5.92 Å². The van der Waals surface area contributed by atoms with E-state index in [4.69, 9.17) is 0 Å². The molecule has 1 aliphatic rings. The Morgan fingerprint density at radius 3 is 3.00 bits per heavy atom. The third-order valence-electron chi connectivity index (χ3n) is 3.51. The van der Waals surface area contributed by atoms with Crippen molar-refractivity contribution in [1.29, 1.82) is 0 Å². The van der Waals surface area contributed by atoms with Crippen LogP contribution in [0.4, 0.5) is 0 Å². The van der Waals surface area contributed by atoms with Crippen LogP contribution in [-0.2, 0) is 5.60 Å². The molecule has 1 saturated carbocycles. The van der Waals surface area contributed by atoms with Gasteiger partial charge >= 0.3 is 0 Å². The van der Waals surface area contributed by atoms with E-state index < -0.39 is 5.60 Å². The van der Waals surface area contributed by atoms with Gasteiger partial charge < -0.3 is 5.11 Å². The van der Waals surface area contributed by atoms with Gasteiger partial charge in [-0.2, -0.15) is 0 Å². The third kappa shape index (κ3) is 1.25. The molecule has 3 rings (SSSR count). The minimum absolute atomic E-state index is 0.468. The molecule has 15 heavy (non-hydrogen) atoms. The number of hydrogen-bond acceptors (Lipinski definition) is 2. The van der Waals surface area contributed by atoms with E-state index >= 15 is 0 Å². The average molecular weight is 218 g/mol. The molecule has 1 heterocycles. The smallest absolute Gasteiger partial charge is 0.0943 e. The summed E-state index contributed by atoms with van der Waals surface area (Å²) >= 11 is 1.73. The second-order valence-electron chi connectivity index (χ2n) is 4.38. The first kappa shape index (κ1) is 9.37. The number of fused-ring (bicyclic) bond motifs is 1. The SMILES string of the molecule is CCC1CC1(O)c1csc2ccccc12. The molecule has 2 aromatic rings. The molecule has 0 radical (unpaired) electrons. The standard InChI is InChI=1S/C13H14OS/c1-2-9-7-13(9,14)11-8-15-12-6-4-3-5-10(11)12/h3-6,8-9,14H,2,7H2,1H3. The topological polar surface area (TPSA) is 20.2 Å². The van der Waals surface area contributed by atoms with E-state index in [1.54, 1.807) is 11.3 Å². The van der Waals surface area contributed by atoms with Crippen LogP contribution in [-0.4, -0.2) is 5.11 Å². The largest absolute Gasteiger partial charge is 0.385 e. The molecule has 1 fully saturated rings. The van der Waals surface area contributed by atoms with E-state index in [2.05, 4.69) is 30.5 Å². The summed E-state index contributed by atoms with van der Waals surface area (Å²) in [5.74, 6) is 0.468. The zero-order chi connectivity index (χ0) is 10.5. The molecule has 2 atom stereocenters. The van der Waals surface area contributed by atoms with Crippen molar-refractivity contribution in [3.05, 3.63) is 35.2 Å². The van der Waals surface area contributed by atoms with Gasteiger partial charge in [0, 0.05) is 10.3 Å². The Kier molecular flexibility index (Phi) is 1.91. The zero-order valence-corrected chi connectivity index (χ0v) is 9.55. The highest BCUT2D eigenvalue weighted by molar-refractivity contribution is 7.17. The number of benzene rings is 1. The summed E-state index contributed by atoms with van der Waals surface area (Å²) in [7, 11) is 0. The number of rotatable bonds is 2. The highest BCUT2D eigenvalue weighted by atomic mass is 32.1. The molecule has 78 valence electrons. The lowest BCUT2D eigenvalue weighted by Gasteiger charge is -2.08. The quantitative estimate of drug-likeness (QED) is 0.817. The van der Waals surface area contributed by atoms with Crippen LogP contribution >= 0.6 is 11.3 Å². The van der Waals surface area contributed by atoms with Crippen LogP contribution in [0.3, 0.4) is 0 Å². The molecule has 0 amide bonds. The first-order chi connectivity index (χ1) is 7.25. The highest BCUT2D eigenvalue weighted by Gasteiger charge is 2.53. The molecule has 1 aliphatic carbocycles. The van der Waals surface area contributed by atoms with E-state index in [1.807, 2.05) is 6.07 Å². The van der Waals surface area contributed by atoms with Crippen molar-refractivity contribution in [2.45, 2.75) is 25.4 Å². The number of hydrogen-bond donors (Lipinski definition) is 1. The normalized spacial score (nSPS) is 29.6. The van der Waals surface area contributed by atoms with Gasteiger partial charge in [0.1, 0.15) is 0 Å². The molecule has 2 unspecified atom stereocenters. The monoisotopic (exact) mass is 218 g/mol. The number of thiophene rings is 1. The lowest BCUT2D eigenvalue weighted by Crippen LogP contribution is -2.07. The van der Waals surface area contributed by atoms with E-state index in [-0.39, 0.29) is 0 Å². The van der Waals surface area contributed by atoms with Gasteiger partial charge in [0.05, 0.1) is 5.60 Å². The van der Waals surface area contributed by atoms with Gasteiger partial charge in [-0.25, -0.2) is 0 Å². The highest BCUT2D eigenvalue weighted by Crippen LogP contribution is 2.56. The predicted octanol–water partition coefficient (Wildman–Crippen LogP) is 3.52. The van der Waals surface area contributed by atoms with Crippen molar-refractivity contribution in [2.75, 3.05) is 0 Å². The first-order valence-corrected chi connectivity index (χ1v) is 6.32. The maximum Gasteiger partial charge on any atom is 0.0943 e. The fraction of sp³-hybridized carbons (Fsp3) is 0.385. The summed E-state index contributed by atoms with van der Waals surface area (Å²) in [6.45, 7) is 2.15. The molecule has 1 aromatic heterocycles. The van der Waals surface area contributed by atoms with E-state index in [0.717, 1.165) is 18.4 Å². The predicted molar refractivity (Wildman–Crippen MR) is 64.1 cm³/mol. The van der Waals surface area contributed by atoms with Gasteiger partial charge in [-0.3, -0.25) is 0 Å². The molecule has 1 nitrogen and oxygen atoms in total. The minimum Gasteiger partial charge on any atom is -0.385 e. The maximum absolute atomic E-state index is 10.5. The Hall–Kier alpha value is -0.860. The van der Waals surface area contributed by atoms with E-state index in [0.29, 0.717) is 5.92 Å². The van der Waals surface area contributed by atoms with Gasteiger partial charge in [0.15, 0.2) is 0 Å². The van der Waals surface area contributed by atoms with Crippen molar-refractivity contribution >= 4 is 21.4 Å². The molecule has 1 N–H and O–H groups in total. The second-order valence-corrected chi connectivity index (χ2v) is 5.29. The van der Waals surface area contributed by atoms with Gasteiger partial charge in [0.25, 0.3) is 0 Å². The van der Waals surface area contributed by atoms with Gasteiger partial charge in [-0.05, 0) is 29.2 Å². The van der Waals surface area contributed by atoms with Crippen molar-refractivity contribution in [2.24, 2.45) is 5.92 Å². The van der Waals surface area contributed by atoms with Crippen LogP contribution in [0.15, 0.2) is 29.6 Å². The third-order valence-corrected chi connectivity index (χ3v) is 4.48. The van der Waals surface area contributed by atoms with E-state index in [9.17, 15) is 5.11 Å². The molecule has 0 aliphatic heterocycles. The Labute approximate surface area is 93.4 Å². The zero-order valence-electron chi connectivity index (χ0n) is 8.73. The van der Waals surface area contributed by atoms with Crippen molar-refractivity contribution < 1.29 is 5.11 Å². The van der Waals surface area contributed by atoms with Crippen LogP contribution in [0.5, 0.6) is 0 Å². The van der Waals surface area contributed by atoms with Gasteiger partial charge in [0.2, 0.25) is 0 Å². The Balaban J connectivity index is 2.13. The average Bonchev–Trinajstić information content (AvgIpc) is 2.76. The van der Waals surface area contributed by atoms with E-state index in [1.165, 1.54) is 10.1 Å². The maximum atomic E-state index is 10.5. The minimum atomic E-state index is -0.519. The Morgan fingerprint density at radius 2 is 2.27 bits per heavy atom. The van der Waals surface area contributed by atoms with Crippen molar-refractivity contribution in [3.8, 4) is 0 Å². The second kappa shape index (κ2) is 3.06. The molecule has 1 aromatic carbocycles. The molecular formula is C13H14OS. The van der Waals surface area contributed by atoms with Crippen LogP contribution < -0.4 is 0 Å². The summed E-state index contributed by atoms with van der Waals surface area (Å²) in [4.78, 5) is 0. The van der Waals surface area contributed by atoms with Crippen molar-refractivity contribution in [3.63, 3.8) is 0 Å². The van der Waals surface area contributed by atoms with Gasteiger partial charge in [-0.1, -0.05) is 31.5 Å². The fourth-order valence-corrected chi connectivity index (χ4v) is 3.48. The summed E-state index contributed by atoms with van der Waals surface area (Å²) in [6.07, 6.45) is 2.00. The molecule has 0 saturated heterocycles. The number of aliphatic hydroxyl groups is 1. The Bertz CT molecular complexity index is 502. The molecular weight excluding hydrogens is 204 g/mol. The molecule has 2 heteroatoms. The Morgan fingerprint density at radius 1 is 1.47 bits per heavy atom. The summed E-state index contributed by atoms with van der Waals surface area (Å²) in [6, 6.07) is 8.34. The molecule has 0 bridgehead atoms. The molecule has 0 spiro atoms. The fourth-order valence-electron chi connectivity index (χ4n) is 2.44. The summed E-state index contributed by atoms with van der Waals surface area (Å²) in [5.41, 5.74) is 0.629. The van der Waals surface area contributed by atoms with Crippen molar-refractivity contribution in [1.82, 2.24) is 0 Å². The summed E-state index contributed by atoms with van der Waals surface area (Å²) in [5, 5.41) is 13.8.